The number of hydrogen-bond donors (Lipinski definition) is 3. The molecule has 220 valence electrons. The minimum atomic E-state index is -4.42. The summed E-state index contributed by atoms with van der Waals surface area (Å²) in [4.78, 5) is 35.0. The largest absolute Gasteiger partial charge is 0.393 e. The van der Waals surface area contributed by atoms with E-state index in [0.717, 1.165) is 25.7 Å². The minimum absolute atomic E-state index is 0.0985. The van der Waals surface area contributed by atoms with Gasteiger partial charge in [0.1, 0.15) is 5.69 Å². The van der Waals surface area contributed by atoms with Crippen molar-refractivity contribution in [1.82, 2.24) is 40.0 Å². The number of carbonyl (C=O) groups excluding carboxylic acids is 2. The monoisotopic (exact) mass is 574 g/mol. The number of aryl methyl sites for hydroxylation is 1. The number of carbonyl (C=O) groups is 2. The summed E-state index contributed by atoms with van der Waals surface area (Å²) in [5, 5.41) is 24.3. The van der Waals surface area contributed by atoms with Gasteiger partial charge in [-0.25, -0.2) is 14.5 Å². The Bertz CT molecular complexity index is 1430. The molecule has 3 fully saturated rings. The molecule has 3 atom stereocenters. The van der Waals surface area contributed by atoms with Crippen LogP contribution in [0.15, 0.2) is 18.5 Å². The van der Waals surface area contributed by atoms with Crippen molar-refractivity contribution in [2.24, 2.45) is 29.6 Å². The van der Waals surface area contributed by atoms with Gasteiger partial charge in [-0.05, 0) is 62.8 Å². The molecule has 2 saturated carbocycles. The van der Waals surface area contributed by atoms with Gasteiger partial charge in [0, 0.05) is 31.6 Å². The number of halogens is 3. The number of alkyl halides is 3. The number of imidazole rings is 1. The fraction of sp³-hybridized carbons (Fsp3) is 0.630. The smallest absolute Gasteiger partial charge is 0.390 e. The van der Waals surface area contributed by atoms with Crippen LogP contribution in [0.5, 0.6) is 0 Å². The van der Waals surface area contributed by atoms with Gasteiger partial charge in [0.15, 0.2) is 0 Å². The van der Waals surface area contributed by atoms with Crippen molar-refractivity contribution in [3.63, 3.8) is 0 Å². The molecule has 0 bridgehead atoms. The number of piperidine rings is 1. The summed E-state index contributed by atoms with van der Waals surface area (Å²) in [7, 11) is 0. The van der Waals surface area contributed by atoms with Gasteiger partial charge in [-0.1, -0.05) is 0 Å². The van der Waals surface area contributed by atoms with Crippen LogP contribution >= 0.6 is 0 Å². The van der Waals surface area contributed by atoms with E-state index < -0.39 is 43.1 Å². The molecule has 0 radical (unpaired) electrons. The van der Waals surface area contributed by atoms with Crippen LogP contribution in [-0.2, 0) is 24.4 Å². The number of hydrogen-bond acceptors (Lipinski definition) is 7. The molecule has 6 rings (SSSR count). The fourth-order valence-electron chi connectivity index (χ4n) is 6.15. The third-order valence-electron chi connectivity index (χ3n) is 8.57. The number of rotatable bonds is 10. The maximum absolute atomic E-state index is 13.4. The Morgan fingerprint density at radius 1 is 1.20 bits per heavy atom. The number of nitrogens with one attached hydrogen (secondary N) is 2. The molecule has 3 aromatic rings. The van der Waals surface area contributed by atoms with Crippen LogP contribution in [-0.4, -0.2) is 59.0 Å². The Morgan fingerprint density at radius 2 is 1.93 bits per heavy atom. The van der Waals surface area contributed by atoms with E-state index in [2.05, 4.69) is 25.8 Å². The molecule has 41 heavy (non-hydrogen) atoms. The molecule has 3 aromatic heterocycles. The van der Waals surface area contributed by atoms with Gasteiger partial charge in [0.2, 0.25) is 5.91 Å². The first kappa shape index (κ1) is 27.6. The summed E-state index contributed by atoms with van der Waals surface area (Å²) in [5.74, 6) is -1.98. The molecule has 0 spiro atoms. The fourth-order valence-corrected chi connectivity index (χ4v) is 6.15. The van der Waals surface area contributed by atoms with Gasteiger partial charge in [-0.2, -0.15) is 23.4 Å². The van der Waals surface area contributed by atoms with E-state index in [-0.39, 0.29) is 41.8 Å². The molecule has 1 saturated heterocycles. The molecule has 4 heterocycles. The van der Waals surface area contributed by atoms with E-state index in [9.17, 15) is 27.9 Å². The Balaban J connectivity index is 1.32. The van der Waals surface area contributed by atoms with Gasteiger partial charge < -0.3 is 15.7 Å². The lowest BCUT2D eigenvalue weighted by atomic mass is 9.86. The topological polar surface area (TPSA) is 139 Å². The summed E-state index contributed by atoms with van der Waals surface area (Å²) >= 11 is 0. The van der Waals surface area contributed by atoms with Gasteiger partial charge in [0.25, 0.3) is 11.7 Å². The number of aromatic nitrogens is 6. The van der Waals surface area contributed by atoms with Crippen LogP contribution in [0.2, 0.25) is 0 Å². The molecule has 3 aliphatic rings. The summed E-state index contributed by atoms with van der Waals surface area (Å²) in [6.45, 7) is 1.50. The second-order valence-electron chi connectivity index (χ2n) is 11.4. The molecule has 2 aliphatic carbocycles. The second-order valence-corrected chi connectivity index (χ2v) is 11.4. The highest BCUT2D eigenvalue weighted by Gasteiger charge is 2.48. The second kappa shape index (κ2) is 10.7. The molecule has 0 unspecified atom stereocenters. The average Bonchev–Trinajstić information content (AvgIpc) is 3.87. The third-order valence-corrected chi connectivity index (χ3v) is 8.57. The predicted molar refractivity (Wildman–Crippen MR) is 138 cm³/mol. The van der Waals surface area contributed by atoms with Crippen LogP contribution < -0.4 is 10.6 Å². The van der Waals surface area contributed by atoms with E-state index in [1.54, 1.807) is 23.1 Å². The zero-order chi connectivity index (χ0) is 28.9. The van der Waals surface area contributed by atoms with Gasteiger partial charge in [-0.3, -0.25) is 14.3 Å². The van der Waals surface area contributed by atoms with E-state index in [0.29, 0.717) is 29.8 Å². The number of aliphatic hydroxyl groups is 1. The quantitative estimate of drug-likeness (QED) is 0.338. The van der Waals surface area contributed by atoms with Crippen LogP contribution in [0.3, 0.4) is 0 Å². The number of aliphatic hydroxyl groups excluding tert-OH is 1. The number of amides is 2. The highest BCUT2D eigenvalue weighted by atomic mass is 19.4. The first-order valence-corrected chi connectivity index (χ1v) is 14.2. The van der Waals surface area contributed by atoms with Crippen LogP contribution in [0.1, 0.15) is 72.6 Å². The van der Waals surface area contributed by atoms with E-state index in [1.165, 1.54) is 4.52 Å². The van der Waals surface area contributed by atoms with E-state index in [4.69, 9.17) is 4.98 Å². The highest BCUT2D eigenvalue weighted by molar-refractivity contribution is 5.92. The summed E-state index contributed by atoms with van der Waals surface area (Å²) in [6.07, 6.45) is 2.75. The zero-order valence-corrected chi connectivity index (χ0v) is 22.6. The van der Waals surface area contributed by atoms with Gasteiger partial charge in [-0.15, -0.1) is 0 Å². The molecule has 14 heteroatoms. The van der Waals surface area contributed by atoms with Crippen molar-refractivity contribution in [3.8, 4) is 0 Å². The molecule has 3 N–H and O–H groups in total. The third kappa shape index (κ3) is 5.66. The Kier molecular flexibility index (Phi) is 7.20. The molecule has 1 aliphatic heterocycles. The van der Waals surface area contributed by atoms with Gasteiger partial charge in [0.05, 0.1) is 41.8 Å². The maximum atomic E-state index is 13.4. The van der Waals surface area contributed by atoms with Crippen LogP contribution in [0, 0.1) is 29.6 Å². The van der Waals surface area contributed by atoms with Crippen molar-refractivity contribution < 1.29 is 27.9 Å². The standard InChI is InChI=1S/C27H33F3N8O3/c1-2-37-21(7-8-32-37)25(41)35-23(22(14-3-4-14)15-5-6-15)19-12-38-26(33-19)34-20(13-39)18(36-38)10-16-9-17(27(28,29)30)11-31-24(16)40/h7-8,12,14-17,22-23,39H,2-6,9-11,13H2,1H3,(H,31,40)(H,35,41)/t16-,17-,23-/m1/s1. The lowest BCUT2D eigenvalue weighted by Gasteiger charge is -2.30. The van der Waals surface area contributed by atoms with Crippen molar-refractivity contribution in [3.05, 3.63) is 41.2 Å². The van der Waals surface area contributed by atoms with E-state index in [1.807, 2.05) is 6.92 Å². The number of fused-ring (bicyclic) bond motifs is 1. The van der Waals surface area contributed by atoms with Crippen LogP contribution in [0.25, 0.3) is 5.78 Å². The number of nitrogens with zero attached hydrogens (tertiary/aromatic N) is 6. The molecule has 0 aromatic carbocycles. The Labute approximate surface area is 233 Å². The highest BCUT2D eigenvalue weighted by Crippen LogP contribution is 2.54. The lowest BCUT2D eigenvalue weighted by Crippen LogP contribution is -2.47. The van der Waals surface area contributed by atoms with E-state index >= 15 is 0 Å². The summed E-state index contributed by atoms with van der Waals surface area (Å²) in [5.41, 5.74) is 1.43. The van der Waals surface area contributed by atoms with Crippen molar-refractivity contribution >= 4 is 17.6 Å². The zero-order valence-electron chi connectivity index (χ0n) is 22.6. The molecule has 2 amide bonds. The predicted octanol–water partition coefficient (Wildman–Crippen LogP) is 2.60. The first-order valence-electron chi connectivity index (χ1n) is 14.2. The molecule has 11 nitrogen and oxygen atoms in total. The molecular formula is C27H33F3N8O3. The van der Waals surface area contributed by atoms with Crippen LogP contribution in [0.4, 0.5) is 13.2 Å². The average molecular weight is 575 g/mol. The normalized spacial score (nSPS) is 22.2. The minimum Gasteiger partial charge on any atom is -0.390 e. The SMILES string of the molecule is CCn1nccc1C(=O)N[C@H](c1cn2nc(C[C@H]3C[C@@H](C(F)(F)F)CNC3=O)c(CO)nc2n1)C(C1CC1)C1CC1. The maximum Gasteiger partial charge on any atom is 0.393 e. The lowest BCUT2D eigenvalue weighted by molar-refractivity contribution is -0.183. The molecular weight excluding hydrogens is 541 g/mol. The first-order chi connectivity index (χ1) is 19.7. The van der Waals surface area contributed by atoms with Crippen molar-refractivity contribution in [2.75, 3.05) is 6.54 Å². The summed E-state index contributed by atoms with van der Waals surface area (Å²) < 4.78 is 43.1. The Morgan fingerprint density at radius 3 is 2.56 bits per heavy atom. The summed E-state index contributed by atoms with van der Waals surface area (Å²) in [6, 6.07) is 1.28. The van der Waals surface area contributed by atoms with Crippen molar-refractivity contribution in [2.45, 2.75) is 70.8 Å². The van der Waals surface area contributed by atoms with Crippen molar-refractivity contribution in [1.29, 1.82) is 0 Å². The van der Waals surface area contributed by atoms with Gasteiger partial charge >= 0.3 is 6.18 Å². The Hall–Kier alpha value is -3.55.